The van der Waals surface area contributed by atoms with Crippen LogP contribution in [0.3, 0.4) is 0 Å². The molecule has 0 unspecified atom stereocenters. The average molecular weight is 299 g/mol. The number of carbonyl (C=O) groups is 1. The fraction of sp³-hybridized carbons (Fsp3) is 0.385. The number of aliphatic imine (C=N–C) groups is 1. The van der Waals surface area contributed by atoms with Gasteiger partial charge in [-0.3, -0.25) is 4.79 Å². The van der Waals surface area contributed by atoms with Gasteiger partial charge in [-0.1, -0.05) is 11.6 Å². The summed E-state index contributed by atoms with van der Waals surface area (Å²) >= 11 is 5.99. The van der Waals surface area contributed by atoms with Crippen molar-refractivity contribution in [2.75, 3.05) is 32.6 Å². The van der Waals surface area contributed by atoms with Gasteiger partial charge in [0.25, 0.3) is 0 Å². The Morgan fingerprint density at radius 2 is 2.25 bits per heavy atom. The van der Waals surface area contributed by atoms with Crippen LogP contribution in [0.2, 0.25) is 5.02 Å². The quantitative estimate of drug-likeness (QED) is 0.638. The van der Waals surface area contributed by atoms with Gasteiger partial charge in [-0.2, -0.15) is 0 Å². The number of hydrogen-bond acceptors (Lipinski definition) is 3. The average Bonchev–Trinajstić information content (AvgIpc) is 2.44. The van der Waals surface area contributed by atoms with Crippen molar-refractivity contribution < 1.29 is 9.53 Å². The molecule has 7 heteroatoms. The fourth-order valence-electron chi connectivity index (χ4n) is 1.38. The minimum absolute atomic E-state index is 0.00700. The van der Waals surface area contributed by atoms with Gasteiger partial charge in [-0.25, -0.2) is 4.99 Å². The zero-order valence-electron chi connectivity index (χ0n) is 11.8. The molecule has 3 N–H and O–H groups in total. The molecule has 0 aromatic heterocycles. The van der Waals surface area contributed by atoms with Gasteiger partial charge in [-0.05, 0) is 25.1 Å². The summed E-state index contributed by atoms with van der Waals surface area (Å²) in [6.07, 6.45) is 0. The van der Waals surface area contributed by atoms with E-state index >= 15 is 0 Å². The van der Waals surface area contributed by atoms with Crippen molar-refractivity contribution in [1.29, 1.82) is 0 Å². The van der Waals surface area contributed by atoms with Gasteiger partial charge in [0.05, 0.1) is 12.1 Å². The van der Waals surface area contributed by atoms with Crippen molar-refractivity contribution in [3.05, 3.63) is 23.2 Å². The normalized spacial score (nSPS) is 11.1. The van der Waals surface area contributed by atoms with E-state index < -0.39 is 0 Å². The second-order valence-electron chi connectivity index (χ2n) is 4.08. The summed E-state index contributed by atoms with van der Waals surface area (Å²) in [7, 11) is 3.25. The summed E-state index contributed by atoms with van der Waals surface area (Å²) in [5.74, 6) is 0.640. The van der Waals surface area contributed by atoms with Crippen LogP contribution in [0.4, 0.5) is 5.69 Å². The van der Waals surface area contributed by atoms with Gasteiger partial charge in [0, 0.05) is 19.3 Å². The van der Waals surface area contributed by atoms with Crippen molar-refractivity contribution in [2.24, 2.45) is 10.7 Å². The van der Waals surface area contributed by atoms with Crippen molar-refractivity contribution in [3.8, 4) is 5.75 Å². The molecule has 110 valence electrons. The first-order valence-electron chi connectivity index (χ1n) is 6.12. The smallest absolute Gasteiger partial charge is 0.244 e. The standard InChI is InChI=1S/C13H19ClN4O2/c1-4-18(2)12(19)8-16-13(15)17-9-5-6-11(20-3)10(14)7-9/h5-7H,4,8H2,1-3H3,(H3,15,16,17). The number of guanidine groups is 1. The Morgan fingerprint density at radius 3 is 2.80 bits per heavy atom. The van der Waals surface area contributed by atoms with Crippen LogP contribution in [0.15, 0.2) is 23.2 Å². The monoisotopic (exact) mass is 298 g/mol. The minimum Gasteiger partial charge on any atom is -0.495 e. The number of hydrogen-bond donors (Lipinski definition) is 2. The van der Waals surface area contributed by atoms with E-state index in [1.807, 2.05) is 6.92 Å². The van der Waals surface area contributed by atoms with Crippen LogP contribution in [0.5, 0.6) is 5.75 Å². The number of methoxy groups -OCH3 is 1. The zero-order valence-corrected chi connectivity index (χ0v) is 12.6. The van der Waals surface area contributed by atoms with E-state index in [0.717, 1.165) is 0 Å². The third-order valence-corrected chi connectivity index (χ3v) is 3.00. The predicted molar refractivity (Wildman–Crippen MR) is 81.4 cm³/mol. The summed E-state index contributed by atoms with van der Waals surface area (Å²) in [4.78, 5) is 17.1. The molecule has 1 aromatic rings. The Bertz CT molecular complexity index is 505. The number of likely N-dealkylation sites (N-methyl/N-ethyl adjacent to an activating group) is 1. The molecule has 0 atom stereocenters. The molecule has 1 rings (SSSR count). The van der Waals surface area contributed by atoms with Crippen molar-refractivity contribution in [3.63, 3.8) is 0 Å². The topological polar surface area (TPSA) is 80.0 Å². The first-order chi connectivity index (χ1) is 9.47. The van der Waals surface area contributed by atoms with E-state index in [-0.39, 0.29) is 18.4 Å². The summed E-state index contributed by atoms with van der Waals surface area (Å²) < 4.78 is 5.05. The van der Waals surface area contributed by atoms with Gasteiger partial charge in [0.2, 0.25) is 5.91 Å². The lowest BCUT2D eigenvalue weighted by atomic mass is 10.3. The van der Waals surface area contributed by atoms with Crippen LogP contribution in [0, 0.1) is 0 Å². The van der Waals surface area contributed by atoms with Gasteiger partial charge in [-0.15, -0.1) is 0 Å². The lowest BCUT2D eigenvalue weighted by Crippen LogP contribution is -2.30. The fourth-order valence-corrected chi connectivity index (χ4v) is 1.64. The number of carbonyl (C=O) groups excluding carboxylic acids is 1. The third-order valence-electron chi connectivity index (χ3n) is 2.71. The minimum atomic E-state index is -0.0926. The molecule has 1 aromatic carbocycles. The van der Waals surface area contributed by atoms with Crippen LogP contribution in [0.25, 0.3) is 0 Å². The number of nitrogens with one attached hydrogen (secondary N) is 1. The molecule has 0 fully saturated rings. The Labute approximate surface area is 123 Å². The molecule has 0 aliphatic carbocycles. The lowest BCUT2D eigenvalue weighted by molar-refractivity contribution is -0.128. The van der Waals surface area contributed by atoms with Gasteiger partial charge in [0.1, 0.15) is 12.3 Å². The summed E-state index contributed by atoms with van der Waals surface area (Å²) in [5, 5.41) is 3.33. The maximum absolute atomic E-state index is 11.6. The molecular weight excluding hydrogens is 280 g/mol. The molecule has 0 spiro atoms. The van der Waals surface area contributed by atoms with Crippen LogP contribution in [0.1, 0.15) is 6.92 Å². The number of halogens is 1. The summed E-state index contributed by atoms with van der Waals surface area (Å²) in [5.41, 5.74) is 6.38. The highest BCUT2D eigenvalue weighted by Gasteiger charge is 2.06. The molecule has 0 bridgehead atoms. The van der Waals surface area contributed by atoms with E-state index in [9.17, 15) is 4.79 Å². The van der Waals surface area contributed by atoms with Gasteiger partial charge >= 0.3 is 0 Å². The second kappa shape index (κ2) is 7.59. The predicted octanol–water partition coefficient (Wildman–Crippen LogP) is 1.55. The maximum Gasteiger partial charge on any atom is 0.244 e. The number of anilines is 1. The number of nitrogens with two attached hydrogens (primary N) is 1. The molecule has 0 saturated carbocycles. The Hall–Kier alpha value is -1.95. The van der Waals surface area contributed by atoms with Crippen LogP contribution >= 0.6 is 11.6 Å². The Balaban J connectivity index is 2.64. The van der Waals surface area contributed by atoms with Gasteiger partial charge < -0.3 is 20.7 Å². The highest BCUT2D eigenvalue weighted by Crippen LogP contribution is 2.26. The SMILES string of the molecule is CCN(C)C(=O)CN=C(N)Nc1ccc(OC)c(Cl)c1. The van der Waals surface area contributed by atoms with E-state index in [1.165, 1.54) is 0 Å². The maximum atomic E-state index is 11.6. The highest BCUT2D eigenvalue weighted by molar-refractivity contribution is 6.32. The molecule has 0 radical (unpaired) electrons. The molecular formula is C13H19ClN4O2. The van der Waals surface area contributed by atoms with E-state index in [1.54, 1.807) is 37.3 Å². The van der Waals surface area contributed by atoms with Crippen molar-refractivity contribution >= 4 is 29.2 Å². The number of amides is 1. The van der Waals surface area contributed by atoms with Crippen LogP contribution < -0.4 is 15.8 Å². The first-order valence-corrected chi connectivity index (χ1v) is 6.50. The number of ether oxygens (including phenoxy) is 1. The Morgan fingerprint density at radius 1 is 1.55 bits per heavy atom. The molecule has 6 nitrogen and oxygen atoms in total. The molecule has 1 amide bonds. The highest BCUT2D eigenvalue weighted by atomic mass is 35.5. The first kappa shape index (κ1) is 16.1. The molecule has 0 heterocycles. The van der Waals surface area contributed by atoms with E-state index in [0.29, 0.717) is 23.0 Å². The lowest BCUT2D eigenvalue weighted by Gasteiger charge is -2.13. The number of benzene rings is 1. The van der Waals surface area contributed by atoms with Gasteiger partial charge in [0.15, 0.2) is 5.96 Å². The molecule has 0 saturated heterocycles. The summed E-state index contributed by atoms with van der Waals surface area (Å²) in [6, 6.07) is 5.14. The van der Waals surface area contributed by atoms with E-state index in [2.05, 4.69) is 10.3 Å². The van der Waals surface area contributed by atoms with Crippen LogP contribution in [-0.4, -0.2) is 44.0 Å². The van der Waals surface area contributed by atoms with Crippen molar-refractivity contribution in [1.82, 2.24) is 4.90 Å². The zero-order chi connectivity index (χ0) is 15.1. The molecule has 20 heavy (non-hydrogen) atoms. The molecule has 0 aliphatic heterocycles. The largest absolute Gasteiger partial charge is 0.495 e. The number of rotatable bonds is 5. The third kappa shape index (κ3) is 4.62. The summed E-state index contributed by atoms with van der Waals surface area (Å²) in [6.45, 7) is 2.53. The number of nitrogens with zero attached hydrogens (tertiary/aromatic N) is 2. The van der Waals surface area contributed by atoms with E-state index in [4.69, 9.17) is 22.1 Å². The second-order valence-corrected chi connectivity index (χ2v) is 4.49. The Kier molecular flexibility index (Phi) is 6.11. The van der Waals surface area contributed by atoms with Crippen LogP contribution in [-0.2, 0) is 4.79 Å². The molecule has 0 aliphatic rings. The van der Waals surface area contributed by atoms with Crippen molar-refractivity contribution in [2.45, 2.75) is 6.92 Å².